The van der Waals surface area contributed by atoms with Crippen LogP contribution in [0.15, 0.2) is 24.5 Å². The van der Waals surface area contributed by atoms with Crippen LogP contribution in [-0.4, -0.2) is 54.8 Å². The Labute approximate surface area is 108 Å². The molecule has 0 bridgehead atoms. The lowest BCUT2D eigenvalue weighted by molar-refractivity contribution is -0.870. The van der Waals surface area contributed by atoms with E-state index in [-0.39, 0.29) is 24.6 Å². The van der Waals surface area contributed by atoms with Gasteiger partial charge in [0.2, 0.25) is 0 Å². The smallest absolute Gasteiger partial charge is 0.101 e. The summed E-state index contributed by atoms with van der Waals surface area (Å²) >= 11 is 0. The van der Waals surface area contributed by atoms with Crippen molar-refractivity contribution in [1.82, 2.24) is 4.98 Å². The minimum Gasteiger partial charge on any atom is -0.545 e. The Morgan fingerprint density at radius 3 is 2.00 bits per heavy atom. The number of rotatable bonds is 3. The third-order valence-corrected chi connectivity index (χ3v) is 1.69. The molecule has 6 heteroatoms. The van der Waals surface area contributed by atoms with Crippen LogP contribution < -0.4 is 5.11 Å². The highest BCUT2D eigenvalue weighted by Crippen LogP contribution is 1.91. The number of carbonyl (C=O) groups excluding carboxylic acids is 1. The molecule has 1 aromatic heterocycles. The van der Waals surface area contributed by atoms with E-state index in [1.54, 1.807) is 0 Å². The number of aliphatic hydroxyl groups is 1. The Morgan fingerprint density at radius 2 is 1.82 bits per heavy atom. The van der Waals surface area contributed by atoms with Crippen LogP contribution in [0.5, 0.6) is 0 Å². The van der Waals surface area contributed by atoms with Gasteiger partial charge in [0, 0.05) is 18.0 Å². The number of carboxylic acids is 1. The van der Waals surface area contributed by atoms with Crippen LogP contribution in [-0.2, 0) is 0 Å². The maximum atomic E-state index is 10.1. The summed E-state index contributed by atoms with van der Waals surface area (Å²) in [5, 5.41) is 18.4. The zero-order valence-corrected chi connectivity index (χ0v) is 11.1. The minimum absolute atomic E-state index is 0. The van der Waals surface area contributed by atoms with Crippen LogP contribution >= 0.6 is 12.4 Å². The van der Waals surface area contributed by atoms with Gasteiger partial charge in [-0.15, -0.1) is 12.4 Å². The maximum Gasteiger partial charge on any atom is 0.101 e. The molecule has 1 heterocycles. The summed E-state index contributed by atoms with van der Waals surface area (Å²) in [5.74, 6) is -1.17. The van der Waals surface area contributed by atoms with E-state index >= 15 is 0 Å². The van der Waals surface area contributed by atoms with Crippen molar-refractivity contribution < 1.29 is 19.5 Å². The number of likely N-dealkylation sites (N-methyl/N-ethyl adjacent to an activating group) is 1. The second-order valence-corrected chi connectivity index (χ2v) is 4.26. The summed E-state index contributed by atoms with van der Waals surface area (Å²) in [5.41, 5.74) is 0.157. The van der Waals surface area contributed by atoms with Crippen LogP contribution in [0.1, 0.15) is 10.4 Å². The highest BCUT2D eigenvalue weighted by Gasteiger charge is 2.02. The molecule has 17 heavy (non-hydrogen) atoms. The second kappa shape index (κ2) is 8.92. The Morgan fingerprint density at radius 1 is 1.35 bits per heavy atom. The average molecular weight is 263 g/mol. The van der Waals surface area contributed by atoms with Gasteiger partial charge in [-0.3, -0.25) is 4.98 Å². The molecule has 0 atom stereocenters. The van der Waals surface area contributed by atoms with E-state index in [2.05, 4.69) is 26.1 Å². The number of hydrogen-bond donors (Lipinski definition) is 1. The molecule has 0 unspecified atom stereocenters. The van der Waals surface area contributed by atoms with E-state index in [0.29, 0.717) is 0 Å². The van der Waals surface area contributed by atoms with Crippen molar-refractivity contribution in [2.45, 2.75) is 0 Å². The molecule has 0 amide bonds. The Balaban J connectivity index is 0. The Bertz CT molecular complexity index is 312. The van der Waals surface area contributed by atoms with Crippen LogP contribution in [0.4, 0.5) is 0 Å². The van der Waals surface area contributed by atoms with Gasteiger partial charge in [0.25, 0.3) is 0 Å². The molecule has 98 valence electrons. The SMILES string of the molecule is C[N+](C)(C)CCO.Cl.O=C([O-])c1ccncc1. The first-order valence-electron chi connectivity index (χ1n) is 4.89. The molecule has 0 aliphatic rings. The Kier molecular flexibility index (Phi) is 9.55. The number of hydrogen-bond acceptors (Lipinski definition) is 4. The predicted molar refractivity (Wildman–Crippen MR) is 65.8 cm³/mol. The molecule has 0 aliphatic carbocycles. The largest absolute Gasteiger partial charge is 0.545 e. The second-order valence-electron chi connectivity index (χ2n) is 4.26. The molecular formula is C11H19ClN2O3. The molecule has 0 aromatic carbocycles. The summed E-state index contributed by atoms with van der Waals surface area (Å²) in [6.07, 6.45) is 2.82. The molecule has 0 saturated heterocycles. The summed E-state index contributed by atoms with van der Waals surface area (Å²) < 4.78 is 0.844. The van der Waals surface area contributed by atoms with E-state index in [9.17, 15) is 9.90 Å². The fraction of sp³-hybridized carbons (Fsp3) is 0.455. The topological polar surface area (TPSA) is 73.2 Å². The van der Waals surface area contributed by atoms with Gasteiger partial charge < -0.3 is 19.5 Å². The number of carboxylic acid groups (broad SMARTS) is 1. The van der Waals surface area contributed by atoms with Crippen molar-refractivity contribution in [2.75, 3.05) is 34.3 Å². The molecule has 0 fully saturated rings. The van der Waals surface area contributed by atoms with Crippen molar-refractivity contribution in [2.24, 2.45) is 0 Å². The van der Waals surface area contributed by atoms with E-state index in [1.807, 2.05) is 0 Å². The number of aliphatic hydroxyl groups excluding tert-OH is 1. The minimum atomic E-state index is -1.17. The van der Waals surface area contributed by atoms with Crippen LogP contribution in [0.3, 0.4) is 0 Å². The highest BCUT2D eigenvalue weighted by atomic mass is 35.5. The van der Waals surface area contributed by atoms with Crippen LogP contribution in [0, 0.1) is 0 Å². The summed E-state index contributed by atoms with van der Waals surface area (Å²) in [6.45, 7) is 1.11. The van der Waals surface area contributed by atoms with E-state index in [4.69, 9.17) is 5.11 Å². The molecular weight excluding hydrogens is 244 g/mol. The van der Waals surface area contributed by atoms with Gasteiger partial charge in [-0.2, -0.15) is 0 Å². The average Bonchev–Trinajstić information content (AvgIpc) is 2.18. The predicted octanol–water partition coefficient (Wildman–Crippen LogP) is -0.448. The summed E-state index contributed by atoms with van der Waals surface area (Å²) in [6, 6.07) is 2.77. The fourth-order valence-corrected chi connectivity index (χ4v) is 0.788. The monoisotopic (exact) mass is 262 g/mol. The zero-order valence-electron chi connectivity index (χ0n) is 10.3. The molecule has 0 aliphatic heterocycles. The first kappa shape index (κ1) is 18.2. The lowest BCUT2D eigenvalue weighted by Crippen LogP contribution is -2.36. The third-order valence-electron chi connectivity index (χ3n) is 1.69. The number of aromatic nitrogens is 1. The van der Waals surface area contributed by atoms with E-state index in [1.165, 1.54) is 24.5 Å². The number of pyridine rings is 1. The summed E-state index contributed by atoms with van der Waals surface area (Å²) in [4.78, 5) is 13.7. The van der Waals surface area contributed by atoms with Crippen molar-refractivity contribution >= 4 is 18.4 Å². The standard InChI is InChI=1S/C6H5NO2.C5H14NO.ClH/c8-6(9)5-1-3-7-4-2-5;1-6(2,3)4-5-7;/h1-4H,(H,8,9);7H,4-5H2,1-3H3;1H/q;+1;/p-1. The lowest BCUT2D eigenvalue weighted by atomic mass is 10.3. The van der Waals surface area contributed by atoms with Gasteiger partial charge in [-0.25, -0.2) is 0 Å². The summed E-state index contributed by atoms with van der Waals surface area (Å²) in [7, 11) is 6.16. The van der Waals surface area contributed by atoms with Gasteiger partial charge in [-0.1, -0.05) is 0 Å². The fourth-order valence-electron chi connectivity index (χ4n) is 0.788. The van der Waals surface area contributed by atoms with Crippen molar-refractivity contribution in [3.63, 3.8) is 0 Å². The molecule has 1 aromatic rings. The first-order chi connectivity index (χ1) is 7.37. The molecule has 5 nitrogen and oxygen atoms in total. The van der Waals surface area contributed by atoms with Crippen LogP contribution in [0.25, 0.3) is 0 Å². The van der Waals surface area contributed by atoms with E-state index in [0.717, 1.165) is 11.0 Å². The zero-order chi connectivity index (χ0) is 12.6. The van der Waals surface area contributed by atoms with Gasteiger partial charge in [-0.05, 0) is 12.1 Å². The number of quaternary nitrogens is 1. The van der Waals surface area contributed by atoms with Gasteiger partial charge >= 0.3 is 0 Å². The molecule has 0 saturated carbocycles. The number of halogens is 1. The van der Waals surface area contributed by atoms with Crippen molar-refractivity contribution in [1.29, 1.82) is 0 Å². The van der Waals surface area contributed by atoms with E-state index < -0.39 is 5.97 Å². The van der Waals surface area contributed by atoms with Crippen molar-refractivity contribution in [3.8, 4) is 0 Å². The lowest BCUT2D eigenvalue weighted by Gasteiger charge is -2.21. The van der Waals surface area contributed by atoms with Gasteiger partial charge in [0.1, 0.15) is 6.54 Å². The van der Waals surface area contributed by atoms with Crippen LogP contribution in [0.2, 0.25) is 0 Å². The highest BCUT2D eigenvalue weighted by molar-refractivity contribution is 5.85. The van der Waals surface area contributed by atoms with Gasteiger partial charge in [0.15, 0.2) is 0 Å². The molecule has 1 N–H and O–H groups in total. The number of aromatic carboxylic acids is 1. The molecule has 0 spiro atoms. The quantitative estimate of drug-likeness (QED) is 0.749. The number of carbonyl (C=O) groups is 1. The van der Waals surface area contributed by atoms with Crippen molar-refractivity contribution in [3.05, 3.63) is 30.1 Å². The number of nitrogens with zero attached hydrogens (tertiary/aromatic N) is 2. The normalized spacial score (nSPS) is 9.65. The maximum absolute atomic E-state index is 10.1. The van der Waals surface area contributed by atoms with Gasteiger partial charge in [0.05, 0.1) is 33.7 Å². The molecule has 1 rings (SSSR count). The first-order valence-corrected chi connectivity index (χ1v) is 4.89. The third kappa shape index (κ3) is 11.1. The molecule has 0 radical (unpaired) electrons. The Hall–Kier alpha value is -1.17.